The van der Waals surface area contributed by atoms with E-state index in [-0.39, 0.29) is 30.8 Å². The fourth-order valence-electron chi connectivity index (χ4n) is 9.04. The van der Waals surface area contributed by atoms with Crippen molar-refractivity contribution in [1.82, 2.24) is 36.4 Å². The molecule has 2 saturated heterocycles. The molecule has 428 valence electrons. The van der Waals surface area contributed by atoms with Crippen LogP contribution in [0.15, 0.2) is 109 Å². The average Bonchev–Trinajstić information content (AvgIpc) is 4.20. The van der Waals surface area contributed by atoms with E-state index in [2.05, 4.69) is 92.8 Å². The molecule has 4 aromatic rings. The number of rotatable bonds is 18. The maximum Gasteiger partial charge on any atom is 0.246 e. The standard InChI is InChI=1S/C29H37N3O5.C11H15N.C10H12.C5H10N2O2.C5H11N.CH5N.CH2O/c1-21-8-12-25(13-9-21)36-17-4-5-18-37-26-14-10-23(11-15-26)19-27(31-28(34)22(2)30-3)29(35)32-16-6-7-24(32)20-33;1-12-11-8-4-6-9-5-2-3-7-10(9)11;1-2-6-10-8-4-3-7-9(10)5-1;1-6-4-5(9)7-2-3-8;1-6-4-2-3-5-6;2*1-2/h4-5,8-15,20,22,24,27,30H,6-7,16-19H2,1-3H3,(H,31,34);2-3,5,7,11-12H,4,6,8H2,1H3;1-2,5-6H,3-4,7-8H2;3,6H,2,4H2,1H3,(H,7,9);2-5H2,1H3;2H2,1H3;1H2/b5-4+;;;;;;. The molecule has 0 saturated carbocycles. The van der Waals surface area contributed by atoms with Gasteiger partial charge in [-0.1, -0.05) is 78.4 Å². The average molecular weight is 1080 g/mol. The van der Waals surface area contributed by atoms with Gasteiger partial charge in [0.05, 0.1) is 25.2 Å². The minimum absolute atomic E-state index is 0.0977. The predicted octanol–water partition coefficient (Wildman–Crippen LogP) is 6.31. The lowest BCUT2D eigenvalue weighted by Crippen LogP contribution is -2.54. The molecule has 0 spiro atoms. The van der Waals surface area contributed by atoms with Crippen molar-refractivity contribution >= 4 is 37.1 Å². The van der Waals surface area contributed by atoms with Crippen molar-refractivity contribution in [3.63, 3.8) is 0 Å². The number of nitrogens with two attached hydrogens (primary N) is 1. The van der Waals surface area contributed by atoms with E-state index >= 15 is 0 Å². The molecule has 0 radical (unpaired) electrons. The number of aldehydes is 2. The topological polar surface area (TPSA) is 214 Å². The Morgan fingerprint density at radius 2 is 1.27 bits per heavy atom. The summed E-state index contributed by atoms with van der Waals surface area (Å²) in [4.78, 5) is 69.3. The van der Waals surface area contributed by atoms with Gasteiger partial charge in [-0.3, -0.25) is 14.4 Å². The first-order chi connectivity index (χ1) is 38.0. The van der Waals surface area contributed by atoms with Crippen LogP contribution in [0.1, 0.15) is 97.7 Å². The summed E-state index contributed by atoms with van der Waals surface area (Å²) < 4.78 is 11.4. The number of fused-ring (bicyclic) bond motifs is 2. The Kier molecular flexibility index (Phi) is 36.0. The van der Waals surface area contributed by atoms with Gasteiger partial charge in [-0.25, -0.2) is 0 Å². The van der Waals surface area contributed by atoms with Crippen LogP contribution in [0, 0.1) is 6.92 Å². The smallest absolute Gasteiger partial charge is 0.246 e. The Labute approximate surface area is 466 Å². The van der Waals surface area contributed by atoms with Crippen LogP contribution in [-0.4, -0.2) is 146 Å². The molecule has 2 heterocycles. The minimum atomic E-state index is -0.757. The van der Waals surface area contributed by atoms with Gasteiger partial charge in [0.1, 0.15) is 50.1 Å². The highest BCUT2D eigenvalue weighted by atomic mass is 16.5. The molecule has 0 bridgehead atoms. The first-order valence-corrected chi connectivity index (χ1v) is 27.5. The van der Waals surface area contributed by atoms with E-state index in [0.29, 0.717) is 50.7 Å². The Hall–Kier alpha value is -6.56. The van der Waals surface area contributed by atoms with E-state index in [1.807, 2.05) is 81.4 Å². The molecule has 4 aliphatic rings. The number of nitrogens with one attached hydrogen (secondary N) is 5. The van der Waals surface area contributed by atoms with Gasteiger partial charge in [-0.15, -0.1) is 0 Å². The summed E-state index contributed by atoms with van der Waals surface area (Å²) in [5.41, 5.74) is 12.8. The molecule has 2 fully saturated rings. The summed E-state index contributed by atoms with van der Waals surface area (Å²) in [5, 5.41) is 14.1. The third-order valence-electron chi connectivity index (χ3n) is 13.5. The zero-order valence-corrected chi connectivity index (χ0v) is 47.7. The van der Waals surface area contributed by atoms with Crippen LogP contribution < -0.4 is 41.8 Å². The van der Waals surface area contributed by atoms with Crippen molar-refractivity contribution in [1.29, 1.82) is 0 Å². The van der Waals surface area contributed by atoms with Gasteiger partial charge in [0.15, 0.2) is 0 Å². The number of ether oxygens (including phenoxy) is 2. The van der Waals surface area contributed by atoms with Gasteiger partial charge in [0.25, 0.3) is 0 Å². The van der Waals surface area contributed by atoms with E-state index in [1.54, 1.807) is 37.0 Å². The van der Waals surface area contributed by atoms with Crippen molar-refractivity contribution in [2.75, 3.05) is 81.2 Å². The molecule has 0 aromatic heterocycles. The molecule has 2 aliphatic carbocycles. The van der Waals surface area contributed by atoms with E-state index in [9.17, 15) is 24.0 Å². The van der Waals surface area contributed by atoms with E-state index in [1.165, 1.54) is 94.6 Å². The molecule has 2 aliphatic heterocycles. The monoisotopic (exact) mass is 1080 g/mol. The summed E-state index contributed by atoms with van der Waals surface area (Å²) in [6.07, 6.45) is 19.1. The largest absolute Gasteiger partial charge is 0.490 e. The van der Waals surface area contributed by atoms with Crippen molar-refractivity contribution in [3.05, 3.63) is 143 Å². The number of carbonyl (C=O) groups excluding carboxylic acids is 6. The van der Waals surface area contributed by atoms with Gasteiger partial charge in [-0.2, -0.15) is 0 Å². The normalized spacial score (nSPS) is 16.5. The maximum absolute atomic E-state index is 13.3. The number of hydrogen-bond donors (Lipinski definition) is 6. The van der Waals surface area contributed by atoms with Crippen molar-refractivity contribution in [2.45, 2.75) is 115 Å². The first-order valence-electron chi connectivity index (χ1n) is 27.5. The third-order valence-corrected chi connectivity index (χ3v) is 13.5. The lowest BCUT2D eigenvalue weighted by molar-refractivity contribution is -0.138. The van der Waals surface area contributed by atoms with Crippen LogP contribution in [-0.2, 0) is 54.5 Å². The van der Waals surface area contributed by atoms with Gasteiger partial charge in [-0.05, 0) is 197 Å². The van der Waals surface area contributed by atoms with Crippen molar-refractivity contribution < 1.29 is 38.2 Å². The zero-order valence-electron chi connectivity index (χ0n) is 47.7. The third kappa shape index (κ3) is 26.2. The lowest BCUT2D eigenvalue weighted by Gasteiger charge is -2.27. The van der Waals surface area contributed by atoms with Gasteiger partial charge < -0.3 is 66.0 Å². The summed E-state index contributed by atoms with van der Waals surface area (Å²) in [7, 11) is 9.08. The van der Waals surface area contributed by atoms with Gasteiger partial charge in [0.2, 0.25) is 17.7 Å². The number of likely N-dealkylation sites (N-methyl/N-ethyl adjacent to an activating group) is 2. The fraction of sp³-hybridized carbons (Fsp3) is 0.484. The van der Waals surface area contributed by atoms with Crippen LogP contribution in [0.2, 0.25) is 0 Å². The second-order valence-electron chi connectivity index (χ2n) is 19.1. The highest BCUT2D eigenvalue weighted by Gasteiger charge is 2.34. The van der Waals surface area contributed by atoms with E-state index < -0.39 is 18.1 Å². The van der Waals surface area contributed by atoms with Gasteiger partial charge in [0, 0.05) is 19.0 Å². The highest BCUT2D eigenvalue weighted by Crippen LogP contribution is 2.29. The Balaban J connectivity index is 0.000000404. The molecular formula is C62H92N8O8. The molecule has 16 heteroatoms. The van der Waals surface area contributed by atoms with E-state index in [4.69, 9.17) is 14.3 Å². The molecule has 3 amide bonds. The van der Waals surface area contributed by atoms with E-state index in [0.717, 1.165) is 24.0 Å². The second-order valence-corrected chi connectivity index (χ2v) is 19.1. The summed E-state index contributed by atoms with van der Waals surface area (Å²) in [6.45, 7) is 10.1. The highest BCUT2D eigenvalue weighted by molar-refractivity contribution is 5.91. The van der Waals surface area contributed by atoms with Crippen LogP contribution >= 0.6 is 0 Å². The zero-order chi connectivity index (χ0) is 57.3. The molecule has 4 atom stereocenters. The molecule has 7 N–H and O–H groups in total. The number of likely N-dealkylation sites (tertiary alicyclic amines) is 2. The number of nitrogens with zero attached hydrogens (tertiary/aromatic N) is 2. The summed E-state index contributed by atoms with van der Waals surface area (Å²) in [5.74, 6) is 0.866. The number of benzene rings is 4. The maximum atomic E-state index is 13.3. The van der Waals surface area contributed by atoms with Crippen LogP contribution in [0.3, 0.4) is 0 Å². The Morgan fingerprint density at radius 3 is 1.78 bits per heavy atom. The lowest BCUT2D eigenvalue weighted by atomic mass is 9.88. The Morgan fingerprint density at radius 1 is 0.718 bits per heavy atom. The molecule has 4 unspecified atom stereocenters. The molecule has 78 heavy (non-hydrogen) atoms. The van der Waals surface area contributed by atoms with Crippen LogP contribution in [0.25, 0.3) is 0 Å². The number of aryl methyl sites for hydroxylation is 4. The molecular weight excluding hydrogens is 985 g/mol. The Bertz CT molecular complexity index is 2280. The number of carbonyl (C=O) groups is 6. The van der Waals surface area contributed by atoms with Crippen LogP contribution in [0.4, 0.5) is 0 Å². The molecule has 16 nitrogen and oxygen atoms in total. The number of amides is 3. The predicted molar refractivity (Wildman–Crippen MR) is 314 cm³/mol. The van der Waals surface area contributed by atoms with Crippen LogP contribution in [0.5, 0.6) is 11.5 Å². The first kappa shape index (κ1) is 67.5. The second kappa shape index (κ2) is 41.5. The summed E-state index contributed by atoms with van der Waals surface area (Å²) >= 11 is 0. The van der Waals surface area contributed by atoms with Crippen molar-refractivity contribution in [2.24, 2.45) is 5.73 Å². The SMILES string of the molecule is C=O.CN.CN1CCCC1.CNC(C)C(=O)NC(Cc1ccc(OC/C=C/COc2ccc(C)cc2)cc1)C(=O)N1CCCC1C=O.CNC1CCCc2ccccc21.CNCC(=O)NCC=O.c1ccc2c(c1)CCCC2. The minimum Gasteiger partial charge on any atom is -0.490 e. The quantitative estimate of drug-likeness (QED) is 0.0477. The fourth-order valence-corrected chi connectivity index (χ4v) is 9.04. The van der Waals surface area contributed by atoms with Gasteiger partial charge >= 0.3 is 0 Å². The summed E-state index contributed by atoms with van der Waals surface area (Å²) in [6, 6.07) is 31.9. The molecule has 8 rings (SSSR count). The number of hydrogen-bond acceptors (Lipinski definition) is 13. The molecule has 4 aromatic carbocycles. The van der Waals surface area contributed by atoms with Crippen molar-refractivity contribution in [3.8, 4) is 11.5 Å².